The number of amides is 1. The molecule has 4 aromatic rings. The van der Waals surface area contributed by atoms with Gasteiger partial charge in [-0.25, -0.2) is 9.50 Å². The molecular formula is C19H14ClF3N6O. The average Bonchev–Trinajstić information content (AvgIpc) is 3.28. The van der Waals surface area contributed by atoms with Crippen LogP contribution in [0.25, 0.3) is 5.65 Å². The Morgan fingerprint density at radius 2 is 1.93 bits per heavy atom. The van der Waals surface area contributed by atoms with Gasteiger partial charge in [-0.3, -0.25) is 9.48 Å². The van der Waals surface area contributed by atoms with Crippen molar-refractivity contribution in [2.75, 3.05) is 5.32 Å². The van der Waals surface area contributed by atoms with E-state index in [1.165, 1.54) is 19.2 Å². The van der Waals surface area contributed by atoms with Gasteiger partial charge in [0.25, 0.3) is 5.91 Å². The summed E-state index contributed by atoms with van der Waals surface area (Å²) in [6.07, 6.45) is -1.59. The van der Waals surface area contributed by atoms with Crippen LogP contribution in [-0.4, -0.2) is 30.3 Å². The number of nitrogens with zero attached hydrogens (tertiary/aromatic N) is 5. The van der Waals surface area contributed by atoms with Crippen molar-refractivity contribution in [1.29, 1.82) is 0 Å². The van der Waals surface area contributed by atoms with Crippen LogP contribution in [-0.2, 0) is 12.7 Å². The fraction of sp³-hybridized carbons (Fsp3) is 0.158. The fourth-order valence-electron chi connectivity index (χ4n) is 2.90. The van der Waals surface area contributed by atoms with E-state index in [-0.39, 0.29) is 17.0 Å². The molecule has 3 heterocycles. The maximum atomic E-state index is 13.3. The molecule has 30 heavy (non-hydrogen) atoms. The van der Waals surface area contributed by atoms with Gasteiger partial charge < -0.3 is 5.32 Å². The number of hydrogen-bond acceptors (Lipinski definition) is 4. The molecule has 7 nitrogen and oxygen atoms in total. The number of benzene rings is 1. The molecule has 0 atom stereocenters. The van der Waals surface area contributed by atoms with Gasteiger partial charge in [-0.15, -0.1) is 0 Å². The third-order valence-corrected chi connectivity index (χ3v) is 4.48. The second kappa shape index (κ2) is 7.45. The Morgan fingerprint density at radius 1 is 1.20 bits per heavy atom. The minimum Gasteiger partial charge on any atom is -0.318 e. The van der Waals surface area contributed by atoms with Crippen molar-refractivity contribution in [3.8, 4) is 0 Å². The van der Waals surface area contributed by atoms with E-state index in [9.17, 15) is 18.0 Å². The number of halogens is 4. The van der Waals surface area contributed by atoms with Crippen LogP contribution in [0.15, 0.2) is 48.8 Å². The third kappa shape index (κ3) is 4.13. The third-order valence-electron chi connectivity index (χ3n) is 4.23. The number of anilines is 1. The molecule has 0 aliphatic heterocycles. The highest BCUT2D eigenvalue weighted by Crippen LogP contribution is 2.30. The Bertz CT molecular complexity index is 1230. The second-order valence-electron chi connectivity index (χ2n) is 6.59. The number of alkyl halides is 3. The molecule has 0 saturated heterocycles. The zero-order valence-electron chi connectivity index (χ0n) is 15.5. The maximum absolute atomic E-state index is 13.3. The zero-order chi connectivity index (χ0) is 21.5. The van der Waals surface area contributed by atoms with Crippen LogP contribution in [0.4, 0.5) is 18.9 Å². The van der Waals surface area contributed by atoms with Gasteiger partial charge in [0, 0.05) is 23.0 Å². The lowest BCUT2D eigenvalue weighted by Crippen LogP contribution is -2.15. The smallest absolute Gasteiger partial charge is 0.318 e. The van der Waals surface area contributed by atoms with E-state index in [0.29, 0.717) is 21.8 Å². The summed E-state index contributed by atoms with van der Waals surface area (Å²) in [7, 11) is 0. The SMILES string of the molecule is Cc1cc(C(F)(F)F)n2nc(C(=O)Nc3cnn(Cc4ccc(Cl)cc4)c3)cc2n1. The van der Waals surface area contributed by atoms with Crippen LogP contribution in [0.3, 0.4) is 0 Å². The highest BCUT2D eigenvalue weighted by Gasteiger charge is 2.35. The van der Waals surface area contributed by atoms with E-state index in [1.54, 1.807) is 23.0 Å². The molecule has 0 aliphatic carbocycles. The lowest BCUT2D eigenvalue weighted by Gasteiger charge is -2.09. The van der Waals surface area contributed by atoms with E-state index < -0.39 is 17.8 Å². The minimum absolute atomic E-state index is 0.0640. The predicted octanol–water partition coefficient (Wildman–Crippen LogP) is 4.21. The highest BCUT2D eigenvalue weighted by molar-refractivity contribution is 6.30. The quantitative estimate of drug-likeness (QED) is 0.522. The number of aromatic nitrogens is 5. The van der Waals surface area contributed by atoms with Gasteiger partial charge in [0.15, 0.2) is 11.3 Å². The lowest BCUT2D eigenvalue weighted by molar-refractivity contribution is -0.142. The summed E-state index contributed by atoms with van der Waals surface area (Å²) in [6.45, 7) is 1.90. The molecule has 1 aromatic carbocycles. The van der Waals surface area contributed by atoms with Crippen LogP contribution < -0.4 is 5.32 Å². The van der Waals surface area contributed by atoms with Crippen molar-refractivity contribution in [2.45, 2.75) is 19.6 Å². The summed E-state index contributed by atoms with van der Waals surface area (Å²) >= 11 is 5.86. The van der Waals surface area contributed by atoms with Crippen molar-refractivity contribution in [1.82, 2.24) is 24.4 Å². The molecular weight excluding hydrogens is 421 g/mol. The Kier molecular flexibility index (Phi) is 4.94. The Hall–Kier alpha value is -3.40. The largest absolute Gasteiger partial charge is 0.433 e. The summed E-state index contributed by atoms with van der Waals surface area (Å²) in [4.78, 5) is 16.5. The van der Waals surface area contributed by atoms with Crippen molar-refractivity contribution >= 4 is 28.8 Å². The molecule has 0 radical (unpaired) electrons. The van der Waals surface area contributed by atoms with Gasteiger partial charge in [0.2, 0.25) is 0 Å². The summed E-state index contributed by atoms with van der Waals surface area (Å²) in [5, 5.41) is 11.1. The number of nitrogens with one attached hydrogen (secondary N) is 1. The van der Waals surface area contributed by atoms with E-state index in [0.717, 1.165) is 11.6 Å². The van der Waals surface area contributed by atoms with Crippen LogP contribution >= 0.6 is 11.6 Å². The molecule has 11 heteroatoms. The first kappa shape index (κ1) is 19.9. The van der Waals surface area contributed by atoms with Gasteiger partial charge in [0.05, 0.1) is 18.4 Å². The molecule has 0 saturated carbocycles. The normalized spacial score (nSPS) is 11.8. The Morgan fingerprint density at radius 3 is 2.63 bits per heavy atom. The number of fused-ring (bicyclic) bond motifs is 1. The van der Waals surface area contributed by atoms with Gasteiger partial charge in [-0.05, 0) is 30.7 Å². The van der Waals surface area contributed by atoms with Gasteiger partial charge in [-0.2, -0.15) is 23.4 Å². The standard InChI is InChI=1S/C19H14ClF3N6O/c1-11-6-16(19(21,22)23)29-17(25-11)7-15(27-29)18(30)26-14-8-24-28(10-14)9-12-2-4-13(20)5-3-12/h2-8,10H,9H2,1H3,(H,26,30). The molecule has 0 fully saturated rings. The number of carbonyl (C=O) groups excluding carboxylic acids is 1. The molecule has 1 N–H and O–H groups in total. The minimum atomic E-state index is -4.63. The molecule has 3 aromatic heterocycles. The first-order valence-electron chi connectivity index (χ1n) is 8.72. The molecule has 0 unspecified atom stereocenters. The van der Waals surface area contributed by atoms with Gasteiger partial charge in [-0.1, -0.05) is 23.7 Å². The molecule has 0 spiro atoms. The van der Waals surface area contributed by atoms with E-state index in [4.69, 9.17) is 11.6 Å². The average molecular weight is 435 g/mol. The zero-order valence-corrected chi connectivity index (χ0v) is 16.2. The summed E-state index contributed by atoms with van der Waals surface area (Å²) in [5.41, 5.74) is 0.257. The number of hydrogen-bond donors (Lipinski definition) is 1. The van der Waals surface area contributed by atoms with Gasteiger partial charge in [0.1, 0.15) is 5.69 Å². The van der Waals surface area contributed by atoms with Crippen molar-refractivity contribution in [2.24, 2.45) is 0 Å². The first-order valence-corrected chi connectivity index (χ1v) is 9.10. The predicted molar refractivity (Wildman–Crippen MR) is 103 cm³/mol. The van der Waals surface area contributed by atoms with E-state index >= 15 is 0 Å². The van der Waals surface area contributed by atoms with Crippen molar-refractivity contribution in [3.63, 3.8) is 0 Å². The highest BCUT2D eigenvalue weighted by atomic mass is 35.5. The van der Waals surface area contributed by atoms with Crippen molar-refractivity contribution in [3.05, 3.63) is 76.5 Å². The summed E-state index contributed by atoms with van der Waals surface area (Å²) in [6, 6.07) is 9.31. The number of rotatable bonds is 4. The monoisotopic (exact) mass is 434 g/mol. The van der Waals surface area contributed by atoms with E-state index in [1.807, 2.05) is 12.1 Å². The lowest BCUT2D eigenvalue weighted by atomic mass is 10.2. The van der Waals surface area contributed by atoms with Gasteiger partial charge >= 0.3 is 6.18 Å². The first-order chi connectivity index (χ1) is 14.2. The van der Waals surface area contributed by atoms with Crippen molar-refractivity contribution < 1.29 is 18.0 Å². The fourth-order valence-corrected chi connectivity index (χ4v) is 3.03. The molecule has 4 rings (SSSR count). The summed E-state index contributed by atoms with van der Waals surface area (Å²) in [5.74, 6) is -0.669. The number of carbonyl (C=O) groups is 1. The summed E-state index contributed by atoms with van der Waals surface area (Å²) < 4.78 is 42.0. The molecule has 154 valence electrons. The van der Waals surface area contributed by atoms with Crippen LogP contribution in [0, 0.1) is 6.92 Å². The molecule has 0 aliphatic rings. The van der Waals surface area contributed by atoms with Crippen LogP contribution in [0.1, 0.15) is 27.4 Å². The van der Waals surface area contributed by atoms with Crippen LogP contribution in [0.5, 0.6) is 0 Å². The van der Waals surface area contributed by atoms with E-state index in [2.05, 4.69) is 20.5 Å². The number of aryl methyl sites for hydroxylation is 1. The molecule has 1 amide bonds. The van der Waals surface area contributed by atoms with Crippen LogP contribution in [0.2, 0.25) is 5.02 Å². The Labute approximate surface area is 173 Å². The topological polar surface area (TPSA) is 77.1 Å². The Balaban J connectivity index is 1.54. The maximum Gasteiger partial charge on any atom is 0.433 e. The molecule has 0 bridgehead atoms. The second-order valence-corrected chi connectivity index (χ2v) is 7.02.